The fourth-order valence-corrected chi connectivity index (χ4v) is 3.95. The highest BCUT2D eigenvalue weighted by atomic mass is 16.4. The van der Waals surface area contributed by atoms with Crippen LogP contribution in [0, 0.1) is 17.3 Å². The maximum Gasteiger partial charge on any atom is 0.311 e. The maximum absolute atomic E-state index is 12.9. The molecule has 2 heterocycles. The molecule has 0 spiro atoms. The Morgan fingerprint density at radius 1 is 1.21 bits per heavy atom. The number of hydrogen-bond acceptors (Lipinski definition) is 3. The van der Waals surface area contributed by atoms with E-state index in [4.69, 9.17) is 0 Å². The van der Waals surface area contributed by atoms with Gasteiger partial charge in [-0.05, 0) is 31.6 Å². The standard InChI is InChI=1S/C18H30N2O4/c1-4-6-15(21)19-9-5-7-14(11-19)16(22)20-10-8-18(12-20,13(2)3)17(23)24/h13-14H,4-12H2,1-3H3,(H,23,24). The molecule has 0 radical (unpaired) electrons. The van der Waals surface area contributed by atoms with Crippen molar-refractivity contribution in [2.75, 3.05) is 26.2 Å². The van der Waals surface area contributed by atoms with Crippen LogP contribution in [0.5, 0.6) is 0 Å². The topological polar surface area (TPSA) is 77.9 Å². The number of rotatable bonds is 5. The monoisotopic (exact) mass is 338 g/mol. The lowest BCUT2D eigenvalue weighted by Crippen LogP contribution is -2.47. The third-order valence-corrected chi connectivity index (χ3v) is 5.73. The molecule has 2 aliphatic heterocycles. The van der Waals surface area contributed by atoms with Crippen LogP contribution >= 0.6 is 0 Å². The molecular weight excluding hydrogens is 308 g/mol. The summed E-state index contributed by atoms with van der Waals surface area (Å²) < 4.78 is 0. The minimum atomic E-state index is -0.831. The SMILES string of the molecule is CCCC(=O)N1CCCC(C(=O)N2CCC(C(=O)O)(C(C)C)C2)C1. The summed E-state index contributed by atoms with van der Waals surface area (Å²) in [4.78, 5) is 40.2. The molecule has 0 aromatic heterocycles. The smallest absolute Gasteiger partial charge is 0.311 e. The third kappa shape index (κ3) is 3.57. The van der Waals surface area contributed by atoms with Gasteiger partial charge in [0, 0.05) is 32.6 Å². The molecule has 0 aliphatic carbocycles. The summed E-state index contributed by atoms with van der Waals surface area (Å²) in [6.07, 6.45) is 3.48. The van der Waals surface area contributed by atoms with Crippen molar-refractivity contribution >= 4 is 17.8 Å². The first-order valence-electron chi connectivity index (χ1n) is 9.11. The van der Waals surface area contributed by atoms with Gasteiger partial charge >= 0.3 is 5.97 Å². The van der Waals surface area contributed by atoms with Gasteiger partial charge in [-0.1, -0.05) is 20.8 Å². The second-order valence-corrected chi connectivity index (χ2v) is 7.55. The molecule has 24 heavy (non-hydrogen) atoms. The Morgan fingerprint density at radius 2 is 1.92 bits per heavy atom. The van der Waals surface area contributed by atoms with E-state index in [1.54, 1.807) is 9.80 Å². The number of carbonyl (C=O) groups excluding carboxylic acids is 2. The lowest BCUT2D eigenvalue weighted by Gasteiger charge is -2.35. The van der Waals surface area contributed by atoms with Gasteiger partial charge in [-0.3, -0.25) is 14.4 Å². The van der Waals surface area contributed by atoms with Crippen LogP contribution in [0.1, 0.15) is 52.9 Å². The Balaban J connectivity index is 2.02. The van der Waals surface area contributed by atoms with Gasteiger partial charge in [-0.15, -0.1) is 0 Å². The van der Waals surface area contributed by atoms with E-state index in [1.807, 2.05) is 20.8 Å². The van der Waals surface area contributed by atoms with E-state index < -0.39 is 11.4 Å². The molecule has 2 fully saturated rings. The summed E-state index contributed by atoms with van der Waals surface area (Å²) in [5.41, 5.74) is -0.831. The normalized spacial score (nSPS) is 27.6. The number of piperidine rings is 1. The fraction of sp³-hybridized carbons (Fsp3) is 0.833. The molecule has 0 bridgehead atoms. The van der Waals surface area contributed by atoms with Crippen molar-refractivity contribution in [3.05, 3.63) is 0 Å². The number of nitrogens with zero attached hydrogens (tertiary/aromatic N) is 2. The average Bonchev–Trinajstić information content (AvgIpc) is 3.01. The zero-order chi connectivity index (χ0) is 17.9. The Hall–Kier alpha value is -1.59. The number of hydrogen-bond donors (Lipinski definition) is 1. The summed E-state index contributed by atoms with van der Waals surface area (Å²) in [5.74, 6) is -0.861. The number of carboxylic acids is 1. The predicted octanol–water partition coefficient (Wildman–Crippen LogP) is 1.98. The lowest BCUT2D eigenvalue weighted by atomic mass is 9.76. The summed E-state index contributed by atoms with van der Waals surface area (Å²) in [7, 11) is 0. The molecule has 2 amide bonds. The highest BCUT2D eigenvalue weighted by Gasteiger charge is 2.49. The molecule has 2 aliphatic rings. The van der Waals surface area contributed by atoms with Crippen LogP contribution in [-0.2, 0) is 14.4 Å². The fourth-order valence-electron chi connectivity index (χ4n) is 3.95. The van der Waals surface area contributed by atoms with E-state index in [2.05, 4.69) is 0 Å². The van der Waals surface area contributed by atoms with E-state index in [-0.39, 0.29) is 30.2 Å². The van der Waals surface area contributed by atoms with Crippen LogP contribution in [0.4, 0.5) is 0 Å². The van der Waals surface area contributed by atoms with Crippen LogP contribution in [0.25, 0.3) is 0 Å². The molecule has 0 aromatic rings. The van der Waals surface area contributed by atoms with Crippen molar-refractivity contribution in [3.8, 4) is 0 Å². The van der Waals surface area contributed by atoms with Crippen LogP contribution in [0.2, 0.25) is 0 Å². The first-order valence-corrected chi connectivity index (χ1v) is 9.11. The highest BCUT2D eigenvalue weighted by molar-refractivity contribution is 5.83. The molecule has 2 unspecified atom stereocenters. The molecular formula is C18H30N2O4. The Kier molecular flexibility index (Phi) is 5.88. The molecule has 2 saturated heterocycles. The van der Waals surface area contributed by atoms with E-state index in [9.17, 15) is 19.5 Å². The van der Waals surface area contributed by atoms with Crippen molar-refractivity contribution in [3.63, 3.8) is 0 Å². The number of likely N-dealkylation sites (tertiary alicyclic amines) is 2. The van der Waals surface area contributed by atoms with Gasteiger partial charge in [0.1, 0.15) is 0 Å². The number of carbonyl (C=O) groups is 3. The minimum absolute atomic E-state index is 0.0122. The highest BCUT2D eigenvalue weighted by Crippen LogP contribution is 2.39. The van der Waals surface area contributed by atoms with Crippen molar-refractivity contribution in [1.29, 1.82) is 0 Å². The van der Waals surface area contributed by atoms with Gasteiger partial charge < -0.3 is 14.9 Å². The molecule has 0 saturated carbocycles. The van der Waals surface area contributed by atoms with E-state index >= 15 is 0 Å². The van der Waals surface area contributed by atoms with Crippen LogP contribution in [-0.4, -0.2) is 58.9 Å². The number of carboxylic acid groups (broad SMARTS) is 1. The molecule has 136 valence electrons. The number of amides is 2. The Bertz CT molecular complexity index is 505. The van der Waals surface area contributed by atoms with Crippen LogP contribution < -0.4 is 0 Å². The summed E-state index contributed by atoms with van der Waals surface area (Å²) in [6.45, 7) is 7.80. The molecule has 0 aromatic carbocycles. The summed E-state index contributed by atoms with van der Waals surface area (Å²) in [6, 6.07) is 0. The van der Waals surface area contributed by atoms with Gasteiger partial charge in [-0.25, -0.2) is 0 Å². The van der Waals surface area contributed by atoms with E-state index in [0.29, 0.717) is 25.9 Å². The van der Waals surface area contributed by atoms with Crippen molar-refractivity contribution in [1.82, 2.24) is 9.80 Å². The first-order chi connectivity index (χ1) is 11.3. The molecule has 6 heteroatoms. The minimum Gasteiger partial charge on any atom is -0.481 e. The van der Waals surface area contributed by atoms with Gasteiger partial charge in [0.05, 0.1) is 11.3 Å². The average molecular weight is 338 g/mol. The van der Waals surface area contributed by atoms with Crippen molar-refractivity contribution < 1.29 is 19.5 Å². The maximum atomic E-state index is 12.9. The predicted molar refractivity (Wildman–Crippen MR) is 90.3 cm³/mol. The number of aliphatic carboxylic acids is 1. The van der Waals surface area contributed by atoms with Gasteiger partial charge in [0.25, 0.3) is 0 Å². The molecule has 1 N–H and O–H groups in total. The van der Waals surface area contributed by atoms with Gasteiger partial charge in [-0.2, -0.15) is 0 Å². The largest absolute Gasteiger partial charge is 0.481 e. The zero-order valence-electron chi connectivity index (χ0n) is 15.1. The molecule has 2 rings (SSSR count). The Morgan fingerprint density at radius 3 is 2.46 bits per heavy atom. The zero-order valence-corrected chi connectivity index (χ0v) is 15.1. The second kappa shape index (κ2) is 7.53. The summed E-state index contributed by atoms with van der Waals surface area (Å²) in [5, 5.41) is 9.63. The van der Waals surface area contributed by atoms with E-state index in [1.165, 1.54) is 0 Å². The van der Waals surface area contributed by atoms with Crippen molar-refractivity contribution in [2.24, 2.45) is 17.3 Å². The lowest BCUT2D eigenvalue weighted by molar-refractivity contribution is -0.151. The van der Waals surface area contributed by atoms with Gasteiger partial charge in [0.15, 0.2) is 0 Å². The molecule has 6 nitrogen and oxygen atoms in total. The first kappa shape index (κ1) is 18.7. The Labute approximate surface area is 144 Å². The van der Waals surface area contributed by atoms with Crippen molar-refractivity contribution in [2.45, 2.75) is 52.9 Å². The molecule has 2 atom stereocenters. The quantitative estimate of drug-likeness (QED) is 0.831. The van der Waals surface area contributed by atoms with Gasteiger partial charge in [0.2, 0.25) is 11.8 Å². The summed E-state index contributed by atoms with van der Waals surface area (Å²) >= 11 is 0. The second-order valence-electron chi connectivity index (χ2n) is 7.55. The van der Waals surface area contributed by atoms with Crippen LogP contribution in [0.3, 0.4) is 0 Å². The third-order valence-electron chi connectivity index (χ3n) is 5.73. The van der Waals surface area contributed by atoms with E-state index in [0.717, 1.165) is 25.8 Å². The van der Waals surface area contributed by atoms with Crippen LogP contribution in [0.15, 0.2) is 0 Å².